The van der Waals surface area contributed by atoms with E-state index in [-0.39, 0.29) is 24.5 Å². The van der Waals surface area contributed by atoms with Crippen LogP contribution in [0.5, 0.6) is 5.75 Å². The summed E-state index contributed by atoms with van der Waals surface area (Å²) in [7, 11) is 0. The van der Waals surface area contributed by atoms with Gasteiger partial charge in [0.05, 0.1) is 11.1 Å². The van der Waals surface area contributed by atoms with Gasteiger partial charge in [-0.15, -0.1) is 0 Å². The summed E-state index contributed by atoms with van der Waals surface area (Å²) in [6.45, 7) is 6.12. The van der Waals surface area contributed by atoms with Crippen molar-refractivity contribution < 1.29 is 14.3 Å². The van der Waals surface area contributed by atoms with Gasteiger partial charge in [-0.25, -0.2) is 0 Å². The van der Waals surface area contributed by atoms with Gasteiger partial charge in [0.15, 0.2) is 6.61 Å². The summed E-state index contributed by atoms with van der Waals surface area (Å²) < 4.78 is 5.32. The van der Waals surface area contributed by atoms with Crippen molar-refractivity contribution in [2.45, 2.75) is 26.8 Å². The van der Waals surface area contributed by atoms with Crippen LogP contribution in [0.25, 0.3) is 0 Å². The van der Waals surface area contributed by atoms with Gasteiger partial charge in [-0.3, -0.25) is 9.59 Å². The molecule has 21 heavy (non-hydrogen) atoms. The second kappa shape index (κ2) is 5.73. The molecule has 2 rings (SSSR count). The smallest absolute Gasteiger partial charge is 0.262 e. The van der Waals surface area contributed by atoms with Gasteiger partial charge >= 0.3 is 0 Å². The van der Waals surface area contributed by atoms with Crippen LogP contribution in [0.1, 0.15) is 32.4 Å². The number of anilines is 1. The van der Waals surface area contributed by atoms with E-state index in [1.807, 2.05) is 25.1 Å². The van der Waals surface area contributed by atoms with Crippen molar-refractivity contribution in [3.63, 3.8) is 0 Å². The maximum absolute atomic E-state index is 11.3. The quantitative estimate of drug-likeness (QED) is 0.759. The highest BCUT2D eigenvalue weighted by Crippen LogP contribution is 2.30. The largest absolute Gasteiger partial charge is 0.482 e. The van der Waals surface area contributed by atoms with Crippen LogP contribution in [-0.4, -0.2) is 25.0 Å². The number of carbonyl (C=O) groups is 2. The first-order valence-corrected chi connectivity index (χ1v) is 6.89. The van der Waals surface area contributed by atoms with Crippen LogP contribution in [0.2, 0.25) is 0 Å². The number of rotatable bonds is 5. The molecule has 1 heterocycles. The number of hydrogen-bond acceptors (Lipinski definition) is 4. The molecule has 1 aromatic carbocycles. The molecule has 0 saturated carbocycles. The Balaban J connectivity index is 2.06. The maximum Gasteiger partial charge on any atom is 0.262 e. The Morgan fingerprint density at radius 1 is 1.52 bits per heavy atom. The van der Waals surface area contributed by atoms with Gasteiger partial charge in [-0.05, 0) is 38.5 Å². The standard InChI is InChI=1S/C15H21N3O3/c1-9(17-8-15(2,3)14(16)20)10-4-5-12-11(6-10)18-13(19)7-21-12/h4-6,9,17H,7-8H2,1-3H3,(H2,16,20)(H,18,19). The molecule has 0 fully saturated rings. The van der Waals surface area contributed by atoms with Crippen LogP contribution in [0.3, 0.4) is 0 Å². The SMILES string of the molecule is CC(NCC(C)(C)C(N)=O)c1ccc2c(c1)NC(=O)CO2. The third-order valence-electron chi connectivity index (χ3n) is 3.65. The summed E-state index contributed by atoms with van der Waals surface area (Å²) in [5.74, 6) is 0.173. The summed E-state index contributed by atoms with van der Waals surface area (Å²) in [5, 5.41) is 6.06. The third kappa shape index (κ3) is 3.52. The Morgan fingerprint density at radius 3 is 2.90 bits per heavy atom. The molecule has 0 spiro atoms. The van der Waals surface area contributed by atoms with E-state index in [0.717, 1.165) is 5.56 Å². The second-order valence-corrected chi connectivity index (χ2v) is 5.94. The highest BCUT2D eigenvalue weighted by molar-refractivity contribution is 5.95. The maximum atomic E-state index is 11.3. The fourth-order valence-corrected chi connectivity index (χ4v) is 1.98. The highest BCUT2D eigenvalue weighted by atomic mass is 16.5. The monoisotopic (exact) mass is 291 g/mol. The first kappa shape index (κ1) is 15.3. The minimum absolute atomic E-state index is 0.0211. The third-order valence-corrected chi connectivity index (χ3v) is 3.65. The van der Waals surface area contributed by atoms with Gasteiger partial charge in [0, 0.05) is 12.6 Å². The number of nitrogens with two attached hydrogens (primary N) is 1. The van der Waals surface area contributed by atoms with Crippen molar-refractivity contribution in [2.24, 2.45) is 11.1 Å². The molecule has 4 N–H and O–H groups in total. The van der Waals surface area contributed by atoms with Gasteiger partial charge in [-0.1, -0.05) is 6.07 Å². The molecule has 1 aliphatic rings. The van der Waals surface area contributed by atoms with Crippen molar-refractivity contribution in [3.8, 4) is 5.75 Å². The Bertz CT molecular complexity index is 569. The molecule has 0 saturated heterocycles. The summed E-state index contributed by atoms with van der Waals surface area (Å²) >= 11 is 0. The zero-order valence-corrected chi connectivity index (χ0v) is 12.5. The molecule has 6 heteroatoms. The lowest BCUT2D eigenvalue weighted by Crippen LogP contribution is -2.41. The number of benzene rings is 1. The van der Waals surface area contributed by atoms with Gasteiger partial charge in [0.1, 0.15) is 5.75 Å². The van der Waals surface area contributed by atoms with Gasteiger partial charge < -0.3 is 21.1 Å². The molecule has 2 amide bonds. The highest BCUT2D eigenvalue weighted by Gasteiger charge is 2.25. The van der Waals surface area contributed by atoms with E-state index in [9.17, 15) is 9.59 Å². The zero-order valence-electron chi connectivity index (χ0n) is 12.5. The molecule has 1 aliphatic heterocycles. The fourth-order valence-electron chi connectivity index (χ4n) is 1.98. The van der Waals surface area contributed by atoms with E-state index in [0.29, 0.717) is 18.0 Å². The van der Waals surface area contributed by atoms with Crippen LogP contribution in [0.15, 0.2) is 18.2 Å². The first-order valence-electron chi connectivity index (χ1n) is 6.89. The summed E-state index contributed by atoms with van der Waals surface area (Å²) in [6, 6.07) is 5.67. The number of amides is 2. The molecule has 0 aromatic heterocycles. The van der Waals surface area contributed by atoms with E-state index in [4.69, 9.17) is 10.5 Å². The molecule has 1 aromatic rings. The predicted molar refractivity (Wildman–Crippen MR) is 80.0 cm³/mol. The van der Waals surface area contributed by atoms with Crippen molar-refractivity contribution in [2.75, 3.05) is 18.5 Å². The molecule has 1 unspecified atom stereocenters. The van der Waals surface area contributed by atoms with Crippen LogP contribution in [0.4, 0.5) is 5.69 Å². The normalized spacial score (nSPS) is 15.7. The molecule has 1 atom stereocenters. The average Bonchev–Trinajstić information content (AvgIpc) is 2.43. The fraction of sp³-hybridized carbons (Fsp3) is 0.467. The molecule has 0 radical (unpaired) electrons. The van der Waals surface area contributed by atoms with Crippen molar-refractivity contribution in [1.29, 1.82) is 0 Å². The van der Waals surface area contributed by atoms with E-state index in [2.05, 4.69) is 10.6 Å². The minimum Gasteiger partial charge on any atom is -0.482 e. The van der Waals surface area contributed by atoms with Crippen molar-refractivity contribution in [3.05, 3.63) is 23.8 Å². The van der Waals surface area contributed by atoms with Crippen molar-refractivity contribution >= 4 is 17.5 Å². The van der Waals surface area contributed by atoms with E-state index in [1.54, 1.807) is 13.8 Å². The molecular formula is C15H21N3O3. The van der Waals surface area contributed by atoms with Crippen LogP contribution in [0, 0.1) is 5.41 Å². The number of ether oxygens (including phenoxy) is 1. The first-order chi connectivity index (χ1) is 9.79. The van der Waals surface area contributed by atoms with Crippen molar-refractivity contribution in [1.82, 2.24) is 5.32 Å². The van der Waals surface area contributed by atoms with E-state index < -0.39 is 5.41 Å². The van der Waals surface area contributed by atoms with Gasteiger partial charge in [0.2, 0.25) is 5.91 Å². The minimum atomic E-state index is -0.611. The number of primary amides is 1. The number of carbonyl (C=O) groups excluding carboxylic acids is 2. The van der Waals surface area contributed by atoms with E-state index >= 15 is 0 Å². The molecule has 6 nitrogen and oxygen atoms in total. The Kier molecular flexibility index (Phi) is 4.18. The second-order valence-electron chi connectivity index (χ2n) is 5.94. The Labute approximate surface area is 124 Å². The lowest BCUT2D eigenvalue weighted by atomic mass is 9.92. The topological polar surface area (TPSA) is 93.5 Å². The number of hydrogen-bond donors (Lipinski definition) is 3. The Hall–Kier alpha value is -2.08. The summed E-state index contributed by atoms with van der Waals surface area (Å²) in [4.78, 5) is 22.7. The molecule has 0 bridgehead atoms. The molecular weight excluding hydrogens is 270 g/mol. The van der Waals surface area contributed by atoms with Crippen LogP contribution in [-0.2, 0) is 9.59 Å². The van der Waals surface area contributed by atoms with E-state index in [1.165, 1.54) is 0 Å². The lowest BCUT2D eigenvalue weighted by molar-refractivity contribution is -0.125. The predicted octanol–water partition coefficient (Wildman–Crippen LogP) is 1.18. The molecule has 114 valence electrons. The zero-order chi connectivity index (χ0) is 15.6. The number of nitrogens with one attached hydrogen (secondary N) is 2. The average molecular weight is 291 g/mol. The van der Waals surface area contributed by atoms with Crippen LogP contribution < -0.4 is 21.1 Å². The molecule has 0 aliphatic carbocycles. The van der Waals surface area contributed by atoms with Gasteiger partial charge in [-0.2, -0.15) is 0 Å². The summed E-state index contributed by atoms with van der Waals surface area (Å²) in [6.07, 6.45) is 0. The summed E-state index contributed by atoms with van der Waals surface area (Å²) in [5.41, 5.74) is 6.42. The number of fused-ring (bicyclic) bond motifs is 1. The Morgan fingerprint density at radius 2 is 2.24 bits per heavy atom. The van der Waals surface area contributed by atoms with Crippen LogP contribution >= 0.6 is 0 Å². The lowest BCUT2D eigenvalue weighted by Gasteiger charge is -2.25. The van der Waals surface area contributed by atoms with Gasteiger partial charge in [0.25, 0.3) is 5.91 Å².